The van der Waals surface area contributed by atoms with Crippen LogP contribution in [0.25, 0.3) is 0 Å². The molecular formula is C18H26N4O7. The number of nitrogens with one attached hydrogen (secondary N) is 3. The lowest BCUT2D eigenvalue weighted by atomic mass is 10.0. The zero-order valence-corrected chi connectivity index (χ0v) is 16.1. The lowest BCUT2D eigenvalue weighted by Gasteiger charge is -2.23. The van der Waals surface area contributed by atoms with Crippen LogP contribution in [0.3, 0.4) is 0 Å². The summed E-state index contributed by atoms with van der Waals surface area (Å²) >= 11 is 0. The van der Waals surface area contributed by atoms with Crippen molar-refractivity contribution in [2.45, 2.75) is 44.5 Å². The summed E-state index contributed by atoms with van der Waals surface area (Å²) in [6.45, 7) is 2.08. The van der Waals surface area contributed by atoms with Gasteiger partial charge in [0.15, 0.2) is 0 Å². The number of aliphatic hydroxyl groups excluding tert-OH is 1. The first-order chi connectivity index (χ1) is 13.5. The highest BCUT2D eigenvalue weighted by atomic mass is 16.4. The molecule has 160 valence electrons. The van der Waals surface area contributed by atoms with E-state index in [4.69, 9.17) is 10.8 Å². The first kappa shape index (κ1) is 23.9. The molecule has 0 radical (unpaired) electrons. The summed E-state index contributed by atoms with van der Waals surface area (Å²) in [6, 6.07) is 2.48. The number of rotatable bonds is 10. The Morgan fingerprint density at radius 1 is 1.00 bits per heavy atom. The van der Waals surface area contributed by atoms with Crippen LogP contribution in [0.15, 0.2) is 24.3 Å². The molecule has 0 spiro atoms. The molecule has 4 atom stereocenters. The number of hydrogen-bond donors (Lipinski definition) is 7. The summed E-state index contributed by atoms with van der Waals surface area (Å²) in [6.07, 6.45) is -1.12. The number of amides is 3. The highest BCUT2D eigenvalue weighted by Gasteiger charge is 2.28. The fourth-order valence-electron chi connectivity index (χ4n) is 2.26. The van der Waals surface area contributed by atoms with Gasteiger partial charge in [-0.2, -0.15) is 0 Å². The smallest absolute Gasteiger partial charge is 0.322 e. The average Bonchev–Trinajstić information content (AvgIpc) is 2.66. The van der Waals surface area contributed by atoms with Gasteiger partial charge in [-0.1, -0.05) is 12.1 Å². The molecule has 0 aliphatic heterocycles. The summed E-state index contributed by atoms with van der Waals surface area (Å²) in [5.41, 5.74) is 6.20. The maximum Gasteiger partial charge on any atom is 0.322 e. The van der Waals surface area contributed by atoms with Crippen LogP contribution in [-0.4, -0.2) is 69.8 Å². The Bertz CT molecular complexity index is 736. The molecule has 0 aromatic heterocycles. The van der Waals surface area contributed by atoms with Crippen LogP contribution in [0.4, 0.5) is 0 Å². The maximum atomic E-state index is 12.6. The van der Waals surface area contributed by atoms with Gasteiger partial charge in [0.05, 0.1) is 6.10 Å². The molecule has 0 heterocycles. The van der Waals surface area contributed by atoms with Gasteiger partial charge in [0, 0.05) is 6.42 Å². The van der Waals surface area contributed by atoms with Gasteiger partial charge < -0.3 is 37.0 Å². The molecule has 11 nitrogen and oxygen atoms in total. The molecule has 0 aliphatic rings. The van der Waals surface area contributed by atoms with Crippen molar-refractivity contribution >= 4 is 23.7 Å². The van der Waals surface area contributed by atoms with E-state index >= 15 is 0 Å². The minimum Gasteiger partial charge on any atom is -0.508 e. The minimum atomic E-state index is -1.26. The second-order valence-corrected chi connectivity index (χ2v) is 6.54. The fourth-order valence-corrected chi connectivity index (χ4v) is 2.26. The summed E-state index contributed by atoms with van der Waals surface area (Å²) < 4.78 is 0. The Morgan fingerprint density at radius 2 is 1.59 bits per heavy atom. The number of carboxylic acid groups (broad SMARTS) is 1. The Kier molecular flexibility index (Phi) is 9.03. The summed E-state index contributed by atoms with van der Waals surface area (Å²) in [4.78, 5) is 47.2. The molecule has 0 bridgehead atoms. The molecule has 1 aromatic rings. The third-order valence-corrected chi connectivity index (χ3v) is 4.00. The van der Waals surface area contributed by atoms with Crippen LogP contribution in [0.1, 0.15) is 19.4 Å². The van der Waals surface area contributed by atoms with E-state index < -0.39 is 54.5 Å². The lowest BCUT2D eigenvalue weighted by Crippen LogP contribution is -2.57. The monoisotopic (exact) mass is 410 g/mol. The molecule has 0 aliphatic carbocycles. The summed E-state index contributed by atoms with van der Waals surface area (Å²) in [7, 11) is 0. The van der Waals surface area contributed by atoms with Crippen molar-refractivity contribution in [1.29, 1.82) is 0 Å². The number of carboxylic acids is 1. The minimum absolute atomic E-state index is 0.0217. The number of nitrogens with two attached hydrogens (primary N) is 1. The van der Waals surface area contributed by atoms with Crippen LogP contribution in [-0.2, 0) is 25.6 Å². The number of aliphatic carboxylic acids is 1. The van der Waals surface area contributed by atoms with Gasteiger partial charge in [-0.3, -0.25) is 19.2 Å². The van der Waals surface area contributed by atoms with Crippen molar-refractivity contribution < 1.29 is 34.5 Å². The topological polar surface area (TPSA) is 191 Å². The number of phenols is 1. The predicted molar refractivity (Wildman–Crippen MR) is 102 cm³/mol. The second kappa shape index (κ2) is 11.0. The second-order valence-electron chi connectivity index (χ2n) is 6.54. The molecule has 0 saturated carbocycles. The predicted octanol–water partition coefficient (Wildman–Crippen LogP) is -2.17. The van der Waals surface area contributed by atoms with Crippen molar-refractivity contribution in [3.63, 3.8) is 0 Å². The molecule has 0 fully saturated rings. The maximum absolute atomic E-state index is 12.6. The zero-order chi connectivity index (χ0) is 22.1. The number of carbonyl (C=O) groups excluding carboxylic acids is 3. The van der Waals surface area contributed by atoms with Gasteiger partial charge in [0.25, 0.3) is 0 Å². The Balaban J connectivity index is 2.88. The van der Waals surface area contributed by atoms with Crippen LogP contribution in [0.5, 0.6) is 5.75 Å². The largest absolute Gasteiger partial charge is 0.508 e. The number of carbonyl (C=O) groups is 4. The zero-order valence-electron chi connectivity index (χ0n) is 16.1. The summed E-state index contributed by atoms with van der Waals surface area (Å²) in [5, 5.41) is 34.4. The van der Waals surface area contributed by atoms with Crippen LogP contribution >= 0.6 is 0 Å². The van der Waals surface area contributed by atoms with E-state index in [2.05, 4.69) is 16.0 Å². The van der Waals surface area contributed by atoms with E-state index in [0.717, 1.165) is 0 Å². The van der Waals surface area contributed by atoms with E-state index in [9.17, 15) is 29.4 Å². The van der Waals surface area contributed by atoms with Gasteiger partial charge in [0.2, 0.25) is 17.7 Å². The molecule has 1 rings (SSSR count). The van der Waals surface area contributed by atoms with E-state index in [1.807, 2.05) is 0 Å². The number of phenolic OH excluding ortho intramolecular Hbond substituents is 1. The Morgan fingerprint density at radius 3 is 2.10 bits per heavy atom. The first-order valence-corrected chi connectivity index (χ1v) is 8.83. The number of hydrogen-bond acceptors (Lipinski definition) is 7. The number of benzene rings is 1. The van der Waals surface area contributed by atoms with Gasteiger partial charge in [-0.05, 0) is 31.5 Å². The van der Waals surface area contributed by atoms with Crippen molar-refractivity contribution in [2.75, 3.05) is 6.54 Å². The molecule has 29 heavy (non-hydrogen) atoms. The van der Waals surface area contributed by atoms with Gasteiger partial charge in [-0.25, -0.2) is 0 Å². The lowest BCUT2D eigenvalue weighted by molar-refractivity contribution is -0.138. The van der Waals surface area contributed by atoms with Crippen molar-refractivity contribution in [3.05, 3.63) is 29.8 Å². The standard InChI is InChI=1S/C18H26N4O7/c1-9(16(27)20-8-14(25)26)21-17(28)13(22-18(29)15(19)10(2)23)7-11-3-5-12(24)6-4-11/h3-6,9-10,13,15,23-24H,7-8,19H2,1-2H3,(H,20,27)(H,21,28)(H,22,29)(H,25,26). The normalized spacial score (nSPS) is 14.8. The summed E-state index contributed by atoms with van der Waals surface area (Å²) in [5.74, 6) is -3.39. The highest BCUT2D eigenvalue weighted by molar-refractivity contribution is 5.93. The molecule has 0 saturated heterocycles. The van der Waals surface area contributed by atoms with Gasteiger partial charge in [-0.15, -0.1) is 0 Å². The fraction of sp³-hybridized carbons (Fsp3) is 0.444. The molecular weight excluding hydrogens is 384 g/mol. The van der Waals surface area contributed by atoms with E-state index in [1.165, 1.54) is 26.0 Å². The van der Waals surface area contributed by atoms with Crippen molar-refractivity contribution in [1.82, 2.24) is 16.0 Å². The molecule has 4 unspecified atom stereocenters. The Hall–Kier alpha value is -3.18. The number of aliphatic hydroxyl groups is 1. The Labute approximate surface area is 167 Å². The SMILES string of the molecule is CC(NC(=O)C(Cc1ccc(O)cc1)NC(=O)C(N)C(C)O)C(=O)NCC(=O)O. The first-order valence-electron chi connectivity index (χ1n) is 8.83. The van der Waals surface area contributed by atoms with Gasteiger partial charge >= 0.3 is 5.97 Å². The third-order valence-electron chi connectivity index (χ3n) is 4.00. The number of aromatic hydroxyl groups is 1. The quantitative estimate of drug-likeness (QED) is 0.227. The average molecular weight is 410 g/mol. The van der Waals surface area contributed by atoms with E-state index in [-0.39, 0.29) is 12.2 Å². The molecule has 1 aromatic carbocycles. The van der Waals surface area contributed by atoms with Crippen LogP contribution in [0, 0.1) is 0 Å². The third kappa shape index (κ3) is 8.15. The van der Waals surface area contributed by atoms with Crippen molar-refractivity contribution in [2.24, 2.45) is 5.73 Å². The molecule has 8 N–H and O–H groups in total. The highest BCUT2D eigenvalue weighted by Crippen LogP contribution is 2.12. The molecule has 11 heteroatoms. The van der Waals surface area contributed by atoms with Crippen LogP contribution < -0.4 is 21.7 Å². The van der Waals surface area contributed by atoms with E-state index in [0.29, 0.717) is 5.56 Å². The van der Waals surface area contributed by atoms with Crippen LogP contribution in [0.2, 0.25) is 0 Å². The van der Waals surface area contributed by atoms with Crippen molar-refractivity contribution in [3.8, 4) is 5.75 Å². The van der Waals surface area contributed by atoms with E-state index in [1.54, 1.807) is 12.1 Å². The molecule has 3 amide bonds. The van der Waals surface area contributed by atoms with Gasteiger partial charge in [0.1, 0.15) is 30.4 Å².